The van der Waals surface area contributed by atoms with Crippen LogP contribution in [0.5, 0.6) is 5.75 Å². The molecule has 1 N–H and O–H groups in total. The lowest BCUT2D eigenvalue weighted by atomic mass is 10.1. The van der Waals surface area contributed by atoms with Crippen molar-refractivity contribution >= 4 is 33.2 Å². The van der Waals surface area contributed by atoms with E-state index < -0.39 is 0 Å². The summed E-state index contributed by atoms with van der Waals surface area (Å²) in [6.07, 6.45) is 2.22. The van der Waals surface area contributed by atoms with E-state index in [4.69, 9.17) is 16.3 Å². The van der Waals surface area contributed by atoms with E-state index in [0.29, 0.717) is 16.8 Å². The Balaban J connectivity index is 1.84. The number of hydrogen-bond donors (Lipinski definition) is 1. The predicted octanol–water partition coefficient (Wildman–Crippen LogP) is 5.21. The minimum Gasteiger partial charge on any atom is -0.495 e. The molecule has 0 heterocycles. The molecule has 2 nitrogen and oxygen atoms in total. The van der Waals surface area contributed by atoms with Gasteiger partial charge in [0.2, 0.25) is 0 Å². The Morgan fingerprint density at radius 2 is 2.10 bits per heavy atom. The Bertz CT molecular complexity index is 644. The van der Waals surface area contributed by atoms with Crippen LogP contribution in [0.4, 0.5) is 5.69 Å². The first-order chi connectivity index (χ1) is 9.67. The van der Waals surface area contributed by atoms with Crippen molar-refractivity contribution < 1.29 is 4.74 Å². The fourth-order valence-electron chi connectivity index (χ4n) is 2.69. The molecule has 20 heavy (non-hydrogen) atoms. The number of fused-ring (bicyclic) bond motifs is 1. The number of nitrogens with one attached hydrogen (secondary N) is 1. The molecule has 0 spiro atoms. The largest absolute Gasteiger partial charge is 0.495 e. The number of methoxy groups -OCH3 is 1. The van der Waals surface area contributed by atoms with Gasteiger partial charge in [-0.2, -0.15) is 0 Å². The van der Waals surface area contributed by atoms with E-state index in [1.807, 2.05) is 18.2 Å². The standard InChI is InChI=1S/C16H15BrClNO/c1-20-16-9-12(4-6-14(16)18)19-15-7-2-10-8-11(17)3-5-13(10)15/h3-6,8-9,15,19H,2,7H2,1H3. The van der Waals surface area contributed by atoms with Gasteiger partial charge < -0.3 is 10.1 Å². The normalized spacial score (nSPS) is 16.9. The maximum absolute atomic E-state index is 6.05. The number of anilines is 1. The van der Waals surface area contributed by atoms with Crippen LogP contribution in [0, 0.1) is 0 Å². The van der Waals surface area contributed by atoms with Gasteiger partial charge in [0.15, 0.2) is 0 Å². The number of benzene rings is 2. The molecule has 0 saturated carbocycles. The molecule has 0 saturated heterocycles. The van der Waals surface area contributed by atoms with E-state index in [-0.39, 0.29) is 0 Å². The van der Waals surface area contributed by atoms with Crippen LogP contribution in [-0.4, -0.2) is 7.11 Å². The summed E-state index contributed by atoms with van der Waals surface area (Å²) in [4.78, 5) is 0. The molecule has 3 rings (SSSR count). The molecule has 1 atom stereocenters. The van der Waals surface area contributed by atoms with Gasteiger partial charge in [-0.25, -0.2) is 0 Å². The summed E-state index contributed by atoms with van der Waals surface area (Å²) in [5.74, 6) is 0.700. The second-order valence-corrected chi connectivity index (χ2v) is 6.25. The van der Waals surface area contributed by atoms with Gasteiger partial charge in [-0.3, -0.25) is 0 Å². The van der Waals surface area contributed by atoms with Crippen molar-refractivity contribution in [2.24, 2.45) is 0 Å². The van der Waals surface area contributed by atoms with E-state index in [1.54, 1.807) is 7.11 Å². The third-order valence-corrected chi connectivity index (χ3v) is 4.48. The van der Waals surface area contributed by atoms with Gasteiger partial charge in [0.25, 0.3) is 0 Å². The van der Waals surface area contributed by atoms with E-state index in [1.165, 1.54) is 11.1 Å². The molecule has 0 radical (unpaired) electrons. The van der Waals surface area contributed by atoms with Crippen molar-refractivity contribution in [1.82, 2.24) is 0 Å². The van der Waals surface area contributed by atoms with Gasteiger partial charge in [0, 0.05) is 16.2 Å². The highest BCUT2D eigenvalue weighted by atomic mass is 79.9. The first-order valence-corrected chi connectivity index (χ1v) is 7.73. The molecule has 104 valence electrons. The van der Waals surface area contributed by atoms with Crippen LogP contribution in [0.25, 0.3) is 0 Å². The lowest BCUT2D eigenvalue weighted by Gasteiger charge is -2.16. The molecule has 0 fully saturated rings. The molecular weight excluding hydrogens is 338 g/mol. The second kappa shape index (κ2) is 5.66. The van der Waals surface area contributed by atoms with Crippen molar-refractivity contribution in [3.8, 4) is 5.75 Å². The van der Waals surface area contributed by atoms with Crippen LogP contribution in [0.1, 0.15) is 23.6 Å². The summed E-state index contributed by atoms with van der Waals surface area (Å²) in [5, 5.41) is 4.20. The van der Waals surface area contributed by atoms with Crippen molar-refractivity contribution in [2.45, 2.75) is 18.9 Å². The van der Waals surface area contributed by atoms with Crippen molar-refractivity contribution in [1.29, 1.82) is 0 Å². The zero-order valence-corrected chi connectivity index (χ0v) is 13.5. The first-order valence-electron chi connectivity index (χ1n) is 6.56. The van der Waals surface area contributed by atoms with Crippen LogP contribution < -0.4 is 10.1 Å². The van der Waals surface area contributed by atoms with Gasteiger partial charge >= 0.3 is 0 Å². The fourth-order valence-corrected chi connectivity index (χ4v) is 3.29. The minimum atomic E-state index is 0.351. The molecule has 1 aliphatic rings. The van der Waals surface area contributed by atoms with Crippen LogP contribution in [0.15, 0.2) is 40.9 Å². The quantitative estimate of drug-likeness (QED) is 0.818. The Hall–Kier alpha value is -1.19. The third kappa shape index (κ3) is 2.65. The number of aryl methyl sites for hydroxylation is 1. The van der Waals surface area contributed by atoms with E-state index in [2.05, 4.69) is 39.4 Å². The van der Waals surface area contributed by atoms with E-state index in [9.17, 15) is 0 Å². The Morgan fingerprint density at radius 1 is 1.25 bits per heavy atom. The summed E-state index contributed by atoms with van der Waals surface area (Å²) in [5.41, 5.74) is 3.83. The SMILES string of the molecule is COc1cc(NC2CCc3cc(Br)ccc32)ccc1Cl. The van der Waals surface area contributed by atoms with Crippen LogP contribution in [-0.2, 0) is 6.42 Å². The average Bonchev–Trinajstić information content (AvgIpc) is 2.83. The van der Waals surface area contributed by atoms with E-state index in [0.717, 1.165) is 23.0 Å². The first kappa shape index (κ1) is 13.8. The zero-order chi connectivity index (χ0) is 14.1. The smallest absolute Gasteiger partial charge is 0.139 e. The van der Waals surface area contributed by atoms with E-state index >= 15 is 0 Å². The Labute approximate surface area is 132 Å². The van der Waals surface area contributed by atoms with Gasteiger partial charge in [0.05, 0.1) is 18.2 Å². The molecule has 0 bridgehead atoms. The summed E-state index contributed by atoms with van der Waals surface area (Å²) < 4.78 is 6.40. The third-order valence-electron chi connectivity index (χ3n) is 3.67. The van der Waals surface area contributed by atoms with Crippen LogP contribution in [0.2, 0.25) is 5.02 Å². The van der Waals surface area contributed by atoms with Crippen molar-refractivity contribution in [2.75, 3.05) is 12.4 Å². The molecule has 0 aromatic heterocycles. The summed E-state index contributed by atoms with van der Waals surface area (Å²) in [6.45, 7) is 0. The van der Waals surface area contributed by atoms with Gasteiger partial charge in [-0.15, -0.1) is 0 Å². The molecule has 1 unspecified atom stereocenters. The fraction of sp³-hybridized carbons (Fsp3) is 0.250. The zero-order valence-electron chi connectivity index (χ0n) is 11.1. The number of halogens is 2. The van der Waals surface area contributed by atoms with Crippen LogP contribution in [0.3, 0.4) is 0 Å². The van der Waals surface area contributed by atoms with Gasteiger partial charge in [-0.1, -0.05) is 33.6 Å². The number of ether oxygens (including phenoxy) is 1. The number of hydrogen-bond acceptors (Lipinski definition) is 2. The maximum Gasteiger partial charge on any atom is 0.139 e. The van der Waals surface area contributed by atoms with Crippen molar-refractivity contribution in [3.63, 3.8) is 0 Å². The molecule has 2 aromatic carbocycles. The Kier molecular flexibility index (Phi) is 3.90. The highest BCUT2D eigenvalue weighted by Crippen LogP contribution is 2.36. The highest BCUT2D eigenvalue weighted by molar-refractivity contribution is 9.10. The summed E-state index contributed by atoms with van der Waals surface area (Å²) >= 11 is 9.58. The lowest BCUT2D eigenvalue weighted by molar-refractivity contribution is 0.415. The topological polar surface area (TPSA) is 21.3 Å². The molecular formula is C16H15BrClNO. The van der Waals surface area contributed by atoms with Crippen molar-refractivity contribution in [3.05, 3.63) is 57.0 Å². The monoisotopic (exact) mass is 351 g/mol. The average molecular weight is 353 g/mol. The molecule has 0 amide bonds. The maximum atomic E-state index is 6.05. The van der Waals surface area contributed by atoms with Gasteiger partial charge in [-0.05, 0) is 48.2 Å². The van der Waals surface area contributed by atoms with Gasteiger partial charge in [0.1, 0.15) is 5.75 Å². The summed E-state index contributed by atoms with van der Waals surface area (Å²) in [6, 6.07) is 12.6. The number of rotatable bonds is 3. The molecule has 0 aliphatic heterocycles. The Morgan fingerprint density at radius 3 is 2.90 bits per heavy atom. The molecule has 4 heteroatoms. The second-order valence-electron chi connectivity index (χ2n) is 4.93. The van der Waals surface area contributed by atoms with Crippen LogP contribution >= 0.6 is 27.5 Å². The molecule has 1 aliphatic carbocycles. The molecule has 2 aromatic rings. The highest BCUT2D eigenvalue weighted by Gasteiger charge is 2.22. The predicted molar refractivity (Wildman–Crippen MR) is 86.8 cm³/mol. The summed E-state index contributed by atoms with van der Waals surface area (Å²) in [7, 11) is 1.63. The lowest BCUT2D eigenvalue weighted by Crippen LogP contribution is -2.07. The minimum absolute atomic E-state index is 0.351.